The zero-order chi connectivity index (χ0) is 25.1. The van der Waals surface area contributed by atoms with Crippen molar-refractivity contribution in [3.05, 3.63) is 45.8 Å². The predicted molar refractivity (Wildman–Crippen MR) is 119 cm³/mol. The zero-order valence-corrected chi connectivity index (χ0v) is 19.4. The van der Waals surface area contributed by atoms with E-state index in [1.165, 1.54) is 31.5 Å². The number of pyridine rings is 1. The lowest BCUT2D eigenvalue weighted by Crippen LogP contribution is -2.38. The molecule has 1 saturated carbocycles. The molecular formula is C23H25ClF3NO6. The Balaban J connectivity index is 1.94. The first-order chi connectivity index (χ1) is 15.9. The van der Waals surface area contributed by atoms with Crippen molar-refractivity contribution >= 4 is 17.6 Å². The van der Waals surface area contributed by atoms with Gasteiger partial charge in [0.05, 0.1) is 18.9 Å². The molecule has 1 unspecified atom stereocenters. The minimum atomic E-state index is -4.57. The fraction of sp³-hybridized carbons (Fsp3) is 0.478. The number of aliphatic carboxylic acids is 1. The highest BCUT2D eigenvalue weighted by atomic mass is 35.5. The summed E-state index contributed by atoms with van der Waals surface area (Å²) >= 11 is 6.03. The number of carboxylic acids is 1. The van der Waals surface area contributed by atoms with E-state index in [-0.39, 0.29) is 46.3 Å². The van der Waals surface area contributed by atoms with E-state index in [4.69, 9.17) is 25.8 Å². The second-order valence-corrected chi connectivity index (χ2v) is 8.78. The number of rotatable bonds is 10. The monoisotopic (exact) mass is 503 g/mol. The van der Waals surface area contributed by atoms with E-state index in [1.54, 1.807) is 0 Å². The summed E-state index contributed by atoms with van der Waals surface area (Å²) in [6.45, 7) is 0.564. The molecule has 186 valence electrons. The molecule has 1 aliphatic rings. The molecule has 1 heterocycles. The lowest BCUT2D eigenvalue weighted by Gasteiger charge is -2.38. The van der Waals surface area contributed by atoms with Crippen LogP contribution in [-0.2, 0) is 9.53 Å². The van der Waals surface area contributed by atoms with Gasteiger partial charge in [0.25, 0.3) is 5.56 Å². The maximum atomic E-state index is 12.9. The number of carbonyl (C=O) groups is 1. The van der Waals surface area contributed by atoms with Crippen LogP contribution in [0.3, 0.4) is 0 Å². The average Bonchev–Trinajstić information content (AvgIpc) is 2.74. The molecule has 34 heavy (non-hydrogen) atoms. The molecule has 11 heteroatoms. The van der Waals surface area contributed by atoms with Crippen molar-refractivity contribution in [2.45, 2.75) is 50.4 Å². The van der Waals surface area contributed by atoms with E-state index in [9.17, 15) is 27.9 Å². The predicted octanol–water partition coefficient (Wildman–Crippen LogP) is 5.09. The van der Waals surface area contributed by atoms with Crippen LogP contribution in [0.25, 0.3) is 11.1 Å². The Morgan fingerprint density at radius 2 is 1.91 bits per heavy atom. The maximum absolute atomic E-state index is 12.9. The third-order valence-corrected chi connectivity index (χ3v) is 6.00. The summed E-state index contributed by atoms with van der Waals surface area (Å²) in [6.07, 6.45) is -0.468. The SMILES string of the molecule is COc1cn(C(CCOC2(C)CCC2)C(=O)O)c(=O)cc1-c1cc(Cl)ccc1OCC(F)(F)F. The second kappa shape index (κ2) is 10.3. The summed E-state index contributed by atoms with van der Waals surface area (Å²) in [5, 5.41) is 9.93. The molecule has 1 aromatic carbocycles. The lowest BCUT2D eigenvalue weighted by atomic mass is 9.82. The van der Waals surface area contributed by atoms with Crippen LogP contribution < -0.4 is 15.0 Å². The van der Waals surface area contributed by atoms with Crippen molar-refractivity contribution in [1.29, 1.82) is 0 Å². The molecule has 0 spiro atoms. The van der Waals surface area contributed by atoms with Crippen molar-refractivity contribution < 1.29 is 37.3 Å². The van der Waals surface area contributed by atoms with Gasteiger partial charge >= 0.3 is 12.1 Å². The van der Waals surface area contributed by atoms with Crippen molar-refractivity contribution in [2.75, 3.05) is 20.3 Å². The number of methoxy groups -OCH3 is 1. The molecule has 1 aliphatic carbocycles. The molecule has 1 atom stereocenters. The largest absolute Gasteiger partial charge is 0.495 e. The van der Waals surface area contributed by atoms with Gasteiger partial charge in [-0.3, -0.25) is 9.36 Å². The number of aromatic nitrogens is 1. The fourth-order valence-corrected chi connectivity index (χ4v) is 3.93. The Bertz CT molecular complexity index is 1100. The lowest BCUT2D eigenvalue weighted by molar-refractivity contribution is -0.153. The van der Waals surface area contributed by atoms with Crippen molar-refractivity contribution in [3.8, 4) is 22.6 Å². The van der Waals surface area contributed by atoms with E-state index in [2.05, 4.69) is 0 Å². The minimum absolute atomic E-state index is 0.0461. The number of hydrogen-bond donors (Lipinski definition) is 1. The Hall–Kier alpha value is -2.72. The van der Waals surface area contributed by atoms with E-state index in [0.717, 1.165) is 29.9 Å². The van der Waals surface area contributed by atoms with Crippen LogP contribution in [0.2, 0.25) is 5.02 Å². The summed E-state index contributed by atoms with van der Waals surface area (Å²) in [5.41, 5.74) is -0.730. The van der Waals surface area contributed by atoms with Crippen LogP contribution in [0.1, 0.15) is 38.6 Å². The molecule has 0 aliphatic heterocycles. The van der Waals surface area contributed by atoms with E-state index >= 15 is 0 Å². The number of hydrogen-bond acceptors (Lipinski definition) is 5. The minimum Gasteiger partial charge on any atom is -0.495 e. The highest BCUT2D eigenvalue weighted by Gasteiger charge is 2.33. The summed E-state index contributed by atoms with van der Waals surface area (Å²) in [4.78, 5) is 24.8. The number of halogens is 4. The topological polar surface area (TPSA) is 87.0 Å². The Kier molecular flexibility index (Phi) is 7.82. The van der Waals surface area contributed by atoms with Gasteiger partial charge in [0, 0.05) is 35.2 Å². The van der Waals surface area contributed by atoms with Crippen molar-refractivity contribution in [1.82, 2.24) is 4.57 Å². The van der Waals surface area contributed by atoms with Crippen LogP contribution in [0.5, 0.6) is 11.5 Å². The first kappa shape index (κ1) is 25.9. The maximum Gasteiger partial charge on any atom is 0.422 e. The Labute approximate surface area is 199 Å². The van der Waals surface area contributed by atoms with Gasteiger partial charge in [0.2, 0.25) is 0 Å². The number of ether oxygens (including phenoxy) is 3. The van der Waals surface area contributed by atoms with Gasteiger partial charge in [-0.05, 0) is 44.4 Å². The van der Waals surface area contributed by atoms with Gasteiger partial charge in [-0.15, -0.1) is 0 Å². The van der Waals surface area contributed by atoms with E-state index < -0.39 is 30.4 Å². The number of benzene rings is 1. The standard InChI is InChI=1S/C23H25ClF3NO6/c1-22(7-3-8-22)34-9-6-17(21(30)31)28-12-19(32-2)16(11-20(28)29)15-10-14(24)4-5-18(15)33-13-23(25,26)27/h4-5,10-12,17H,3,6-9,13H2,1-2H3,(H,30,31). The first-order valence-corrected chi connectivity index (χ1v) is 11.0. The Morgan fingerprint density at radius 1 is 1.24 bits per heavy atom. The van der Waals surface area contributed by atoms with E-state index in [1.807, 2.05) is 6.92 Å². The molecule has 7 nitrogen and oxygen atoms in total. The molecular weight excluding hydrogens is 479 g/mol. The summed E-state index contributed by atoms with van der Waals surface area (Å²) < 4.78 is 55.1. The molecule has 1 fully saturated rings. The normalized spacial score (nSPS) is 15.9. The van der Waals surface area contributed by atoms with Crippen LogP contribution in [0.15, 0.2) is 35.3 Å². The van der Waals surface area contributed by atoms with Gasteiger partial charge in [-0.25, -0.2) is 4.79 Å². The van der Waals surface area contributed by atoms with Crippen LogP contribution in [-0.4, -0.2) is 47.7 Å². The third-order valence-electron chi connectivity index (χ3n) is 5.76. The van der Waals surface area contributed by atoms with Gasteiger partial charge in [0.1, 0.15) is 17.5 Å². The average molecular weight is 504 g/mol. The molecule has 0 saturated heterocycles. The fourth-order valence-electron chi connectivity index (χ4n) is 3.76. The van der Waals surface area contributed by atoms with Crippen molar-refractivity contribution in [3.63, 3.8) is 0 Å². The number of carboxylic acid groups (broad SMARTS) is 1. The summed E-state index contributed by atoms with van der Waals surface area (Å²) in [5.74, 6) is -1.32. The highest BCUT2D eigenvalue weighted by molar-refractivity contribution is 6.31. The Morgan fingerprint density at radius 3 is 2.47 bits per heavy atom. The number of alkyl halides is 3. The molecule has 0 amide bonds. The van der Waals surface area contributed by atoms with Crippen LogP contribution >= 0.6 is 11.6 Å². The van der Waals surface area contributed by atoms with Gasteiger partial charge < -0.3 is 19.3 Å². The molecule has 0 bridgehead atoms. The highest BCUT2D eigenvalue weighted by Crippen LogP contribution is 2.39. The van der Waals surface area contributed by atoms with Crippen LogP contribution in [0.4, 0.5) is 13.2 Å². The molecule has 0 radical (unpaired) electrons. The van der Waals surface area contributed by atoms with Crippen molar-refractivity contribution in [2.24, 2.45) is 0 Å². The van der Waals surface area contributed by atoms with Crippen LogP contribution in [0, 0.1) is 0 Å². The van der Waals surface area contributed by atoms with Gasteiger partial charge in [0.15, 0.2) is 6.61 Å². The third kappa shape index (κ3) is 6.24. The molecule has 3 rings (SSSR count). The summed E-state index contributed by atoms with van der Waals surface area (Å²) in [6, 6.07) is 3.82. The van der Waals surface area contributed by atoms with Gasteiger partial charge in [-0.1, -0.05) is 11.6 Å². The molecule has 1 aromatic heterocycles. The first-order valence-electron chi connectivity index (χ1n) is 10.6. The quantitative estimate of drug-likeness (QED) is 0.486. The smallest absolute Gasteiger partial charge is 0.422 e. The number of nitrogens with zero attached hydrogens (tertiary/aromatic N) is 1. The molecule has 2 aromatic rings. The second-order valence-electron chi connectivity index (χ2n) is 8.34. The van der Waals surface area contributed by atoms with Gasteiger partial charge in [-0.2, -0.15) is 13.2 Å². The van der Waals surface area contributed by atoms with E-state index in [0.29, 0.717) is 0 Å². The molecule has 1 N–H and O–H groups in total. The zero-order valence-electron chi connectivity index (χ0n) is 18.7. The summed E-state index contributed by atoms with van der Waals surface area (Å²) in [7, 11) is 1.30.